The van der Waals surface area contributed by atoms with Crippen LogP contribution in [0.15, 0.2) is 0 Å². The van der Waals surface area contributed by atoms with Crippen LogP contribution in [0.2, 0.25) is 0 Å². The van der Waals surface area contributed by atoms with Gasteiger partial charge in [0.2, 0.25) is 0 Å². The van der Waals surface area contributed by atoms with Crippen LogP contribution in [0, 0.1) is 0 Å². The Morgan fingerprint density at radius 3 is 2.09 bits per heavy atom. The fourth-order valence-electron chi connectivity index (χ4n) is 0.596. The van der Waals surface area contributed by atoms with Crippen molar-refractivity contribution in [3.05, 3.63) is 0 Å². The second kappa shape index (κ2) is 7.08. The maximum Gasteiger partial charge on any atom is 0.321 e. The van der Waals surface area contributed by atoms with E-state index < -0.39 is 0 Å². The summed E-state index contributed by atoms with van der Waals surface area (Å²) in [5.74, 6) is 0. The van der Waals surface area contributed by atoms with Gasteiger partial charge in [-0.05, 0) is 21.1 Å². The van der Waals surface area contributed by atoms with Crippen LogP contribution in [0.3, 0.4) is 0 Å². The minimum Gasteiger partial charge on any atom is -0.391 e. The van der Waals surface area contributed by atoms with E-state index in [0.717, 1.165) is 42.8 Å². The molecule has 0 radical (unpaired) electrons. The number of hydrogen-bond acceptors (Lipinski definition) is 3. The Bertz CT molecular complexity index is 78.5. The Hall–Kier alpha value is 0.412. The van der Waals surface area contributed by atoms with Gasteiger partial charge in [0, 0.05) is 13.1 Å². The van der Waals surface area contributed by atoms with Crippen molar-refractivity contribution in [3.8, 4) is 0 Å². The second-order valence-corrected chi connectivity index (χ2v) is 4.75. The van der Waals surface area contributed by atoms with Crippen LogP contribution in [-0.4, -0.2) is 72.7 Å². The van der Waals surface area contributed by atoms with Crippen molar-refractivity contribution in [2.75, 3.05) is 47.4 Å². The number of rotatable bonds is 6. The van der Waals surface area contributed by atoms with Crippen LogP contribution in [0.5, 0.6) is 0 Å². The van der Waals surface area contributed by atoms with E-state index in [-0.39, 0.29) is 0 Å². The quantitative estimate of drug-likeness (QED) is 0.381. The van der Waals surface area contributed by atoms with Gasteiger partial charge in [-0.1, -0.05) is 0 Å². The van der Waals surface area contributed by atoms with Crippen molar-refractivity contribution in [3.63, 3.8) is 0 Å². The minimum absolute atomic E-state index is 0.850. The van der Waals surface area contributed by atoms with Crippen LogP contribution < -0.4 is 0 Å². The molecule has 0 aliphatic rings. The van der Waals surface area contributed by atoms with E-state index in [4.69, 9.17) is 4.74 Å². The molecule has 66 valence electrons. The summed E-state index contributed by atoms with van der Waals surface area (Å²) < 4.78 is 7.65. The molecular weight excluding hydrogens is 155 g/mol. The standard InChI is InChI=1S/C7H17N2O.Al.2H/c1-8-4-6-10-7-5-9(2)3;;;/h4-7H2,1-3H3;;;/q-1;+1;;. The smallest absolute Gasteiger partial charge is 0.321 e. The Labute approximate surface area is 77.9 Å². The molecule has 0 unspecified atom stereocenters. The predicted octanol–water partition coefficient (Wildman–Crippen LogP) is -0.955. The van der Waals surface area contributed by atoms with Gasteiger partial charge in [-0.2, -0.15) is 0 Å². The molecule has 0 saturated heterocycles. The minimum atomic E-state index is 0.850. The van der Waals surface area contributed by atoms with Gasteiger partial charge in [0.15, 0.2) is 0 Å². The van der Waals surface area contributed by atoms with Crippen molar-refractivity contribution in [2.24, 2.45) is 0 Å². The summed E-state index contributed by atoms with van der Waals surface area (Å²) in [6.45, 7) is 3.81. The van der Waals surface area contributed by atoms with Gasteiger partial charge in [0.05, 0.1) is 13.2 Å². The first-order valence-electron chi connectivity index (χ1n) is 4.00. The van der Waals surface area contributed by atoms with E-state index in [2.05, 4.69) is 29.9 Å². The van der Waals surface area contributed by atoms with E-state index in [1.54, 1.807) is 0 Å². The summed E-state index contributed by atoms with van der Waals surface area (Å²) in [4.78, 5) is 2.13. The molecule has 11 heavy (non-hydrogen) atoms. The van der Waals surface area contributed by atoms with E-state index in [9.17, 15) is 0 Å². The molecule has 0 aliphatic carbocycles. The lowest BCUT2D eigenvalue weighted by atomic mass is 10.6. The first kappa shape index (κ1) is 11.4. The molecule has 0 amide bonds. The highest BCUT2D eigenvalue weighted by molar-refractivity contribution is 6.04. The van der Waals surface area contributed by atoms with Gasteiger partial charge in [-0.25, -0.2) is 0 Å². The Morgan fingerprint density at radius 2 is 1.64 bits per heavy atom. The van der Waals surface area contributed by atoms with Gasteiger partial charge >= 0.3 is 16.5 Å². The maximum absolute atomic E-state index is 5.39. The van der Waals surface area contributed by atoms with Crippen molar-refractivity contribution in [1.29, 1.82) is 0 Å². The number of likely N-dealkylation sites (N-methyl/N-ethyl adjacent to an activating group) is 2. The number of hydrogen-bond donors (Lipinski definition) is 0. The highest BCUT2D eigenvalue weighted by Gasteiger charge is 1.91. The van der Waals surface area contributed by atoms with Crippen LogP contribution in [0.25, 0.3) is 0 Å². The molecule has 0 aromatic carbocycles. The molecule has 0 atom stereocenters. The zero-order valence-electron chi connectivity index (χ0n) is 8.13. The normalized spacial score (nSPS) is 11.4. The van der Waals surface area contributed by atoms with Crippen LogP contribution in [0.4, 0.5) is 0 Å². The predicted molar refractivity (Wildman–Crippen MR) is 50.5 cm³/mol. The molecule has 0 rings (SSSR count). The number of nitrogens with zero attached hydrogens (tertiary/aromatic N) is 2. The van der Waals surface area contributed by atoms with Gasteiger partial charge in [0.1, 0.15) is 0 Å². The van der Waals surface area contributed by atoms with Gasteiger partial charge in [-0.3, -0.25) is 0 Å². The lowest BCUT2D eigenvalue weighted by molar-refractivity contribution is 0.111. The Balaban J connectivity index is 2.91. The number of ether oxygens (including phenoxy) is 1. The van der Waals surface area contributed by atoms with Crippen molar-refractivity contribution >= 4 is 16.5 Å². The van der Waals surface area contributed by atoms with E-state index >= 15 is 0 Å². The summed E-state index contributed by atoms with van der Waals surface area (Å²) in [5, 5.41) is 0. The van der Waals surface area contributed by atoms with Crippen LogP contribution >= 0.6 is 0 Å². The fourth-order valence-corrected chi connectivity index (χ4v) is 0.779. The molecule has 0 saturated carbocycles. The summed E-state index contributed by atoms with van der Waals surface area (Å²) in [7, 11) is 6.23. The average Bonchev–Trinajstić information content (AvgIpc) is 1.85. The Kier molecular flexibility index (Phi) is 7.35. The maximum atomic E-state index is 5.39. The summed E-state index contributed by atoms with van der Waals surface area (Å²) in [6, 6.07) is 0. The molecule has 4 heteroatoms. The molecule has 0 spiro atoms. The topological polar surface area (TPSA) is 15.7 Å². The fraction of sp³-hybridized carbons (Fsp3) is 1.00. The molecule has 0 aliphatic heterocycles. The summed E-state index contributed by atoms with van der Waals surface area (Å²) >= 11 is 1.13. The molecule has 0 aromatic heterocycles. The first-order valence-corrected chi connectivity index (χ1v) is 4.89. The highest BCUT2D eigenvalue weighted by atomic mass is 27.1. The summed E-state index contributed by atoms with van der Waals surface area (Å²) in [6.07, 6.45) is 0. The second-order valence-electron chi connectivity index (χ2n) is 3.22. The van der Waals surface area contributed by atoms with Crippen LogP contribution in [-0.2, 0) is 4.74 Å². The van der Waals surface area contributed by atoms with E-state index in [1.807, 2.05) is 0 Å². The third kappa shape index (κ3) is 10.4. The van der Waals surface area contributed by atoms with Crippen molar-refractivity contribution < 1.29 is 4.74 Å². The first-order chi connectivity index (χ1) is 5.13. The zero-order chi connectivity index (χ0) is 8.69. The van der Waals surface area contributed by atoms with E-state index in [1.165, 1.54) is 0 Å². The van der Waals surface area contributed by atoms with Crippen LogP contribution in [0.1, 0.15) is 0 Å². The van der Waals surface area contributed by atoms with Gasteiger partial charge in [0.25, 0.3) is 0 Å². The molecule has 0 fully saturated rings. The molecular formula is C7H19AlN2O. The van der Waals surface area contributed by atoms with Gasteiger partial charge in [-0.15, -0.1) is 0 Å². The van der Waals surface area contributed by atoms with Gasteiger partial charge < -0.3 is 13.5 Å². The molecule has 0 heterocycles. The lowest BCUT2D eigenvalue weighted by Crippen LogP contribution is -2.23. The highest BCUT2D eigenvalue weighted by Crippen LogP contribution is 1.79. The molecule has 0 bridgehead atoms. The Morgan fingerprint density at radius 1 is 1.09 bits per heavy atom. The third-order valence-corrected chi connectivity index (χ3v) is 1.81. The monoisotopic (exact) mass is 174 g/mol. The largest absolute Gasteiger partial charge is 0.391 e. The average molecular weight is 174 g/mol. The van der Waals surface area contributed by atoms with E-state index in [0.29, 0.717) is 0 Å². The van der Waals surface area contributed by atoms with Crippen molar-refractivity contribution in [2.45, 2.75) is 0 Å². The SMILES string of the molecule is CN(C)CCOCC[N](C)[AlH2]. The molecule has 0 N–H and O–H groups in total. The lowest BCUT2D eigenvalue weighted by Gasteiger charge is -2.12. The zero-order valence-corrected chi connectivity index (χ0v) is 10.1. The third-order valence-electron chi connectivity index (χ3n) is 1.37. The molecule has 3 nitrogen and oxygen atoms in total. The van der Waals surface area contributed by atoms with Crippen molar-refractivity contribution in [1.82, 2.24) is 8.78 Å². The summed E-state index contributed by atoms with van der Waals surface area (Å²) in [5.41, 5.74) is 0. The molecule has 0 aromatic rings.